The predicted octanol–water partition coefficient (Wildman–Crippen LogP) is 1.46. The molecule has 0 aromatic carbocycles. The average molecular weight is 215 g/mol. The third-order valence-corrected chi connectivity index (χ3v) is 2.45. The summed E-state index contributed by atoms with van der Waals surface area (Å²) in [6, 6.07) is 0.417. The van der Waals surface area contributed by atoms with E-state index in [1.54, 1.807) is 7.11 Å². The monoisotopic (exact) mass is 215 g/mol. The predicted molar refractivity (Wildman–Crippen MR) is 65.1 cm³/mol. The molecule has 1 atom stereocenters. The maximum absolute atomic E-state index is 5.94. The van der Waals surface area contributed by atoms with Crippen LogP contribution in [0.3, 0.4) is 0 Å². The highest BCUT2D eigenvalue weighted by molar-refractivity contribution is 5.78. The van der Waals surface area contributed by atoms with Crippen molar-refractivity contribution in [2.45, 2.75) is 39.7 Å². The van der Waals surface area contributed by atoms with Gasteiger partial charge in [-0.3, -0.25) is 4.99 Å². The number of aliphatic imine (C=N–C) groups is 1. The first kappa shape index (κ1) is 14.2. The van der Waals surface area contributed by atoms with E-state index in [1.807, 2.05) is 0 Å². The molecular formula is C11H25N3O. The van der Waals surface area contributed by atoms with Gasteiger partial charge in [-0.05, 0) is 19.8 Å². The van der Waals surface area contributed by atoms with Gasteiger partial charge in [-0.15, -0.1) is 0 Å². The highest BCUT2D eigenvalue weighted by Gasteiger charge is 2.13. The Morgan fingerprint density at radius 1 is 1.47 bits per heavy atom. The number of rotatable bonds is 7. The highest BCUT2D eigenvalue weighted by atomic mass is 16.5. The van der Waals surface area contributed by atoms with Crippen LogP contribution in [-0.2, 0) is 4.74 Å². The highest BCUT2D eigenvalue weighted by Crippen LogP contribution is 2.03. The SMILES string of the molecule is CCCN=C(N)N(CCOC)C(C)CC. The van der Waals surface area contributed by atoms with Crippen LogP contribution in [0.4, 0.5) is 0 Å². The number of hydrogen-bond donors (Lipinski definition) is 1. The minimum atomic E-state index is 0.417. The lowest BCUT2D eigenvalue weighted by Crippen LogP contribution is -2.45. The van der Waals surface area contributed by atoms with Crippen LogP contribution in [-0.4, -0.2) is 43.7 Å². The molecule has 2 N–H and O–H groups in total. The van der Waals surface area contributed by atoms with Crippen molar-refractivity contribution in [1.82, 2.24) is 4.90 Å². The minimum Gasteiger partial charge on any atom is -0.383 e. The summed E-state index contributed by atoms with van der Waals surface area (Å²) in [7, 11) is 1.70. The Morgan fingerprint density at radius 3 is 2.60 bits per heavy atom. The minimum absolute atomic E-state index is 0.417. The standard InChI is InChI=1S/C11H25N3O/c1-5-7-13-11(12)14(8-9-15-4)10(3)6-2/h10H,5-9H2,1-4H3,(H2,12,13). The summed E-state index contributed by atoms with van der Waals surface area (Å²) in [5.74, 6) is 0.642. The van der Waals surface area contributed by atoms with Crippen LogP contribution in [0, 0.1) is 0 Å². The fourth-order valence-corrected chi connectivity index (χ4v) is 1.29. The van der Waals surface area contributed by atoms with Crippen molar-refractivity contribution in [3.8, 4) is 0 Å². The number of guanidine groups is 1. The van der Waals surface area contributed by atoms with Crippen LogP contribution in [0.25, 0.3) is 0 Å². The van der Waals surface area contributed by atoms with E-state index in [1.165, 1.54) is 0 Å². The lowest BCUT2D eigenvalue weighted by molar-refractivity contribution is 0.162. The maximum Gasteiger partial charge on any atom is 0.191 e. The number of methoxy groups -OCH3 is 1. The molecule has 0 saturated carbocycles. The molecule has 0 aliphatic heterocycles. The van der Waals surface area contributed by atoms with E-state index in [9.17, 15) is 0 Å². The Morgan fingerprint density at radius 2 is 2.13 bits per heavy atom. The van der Waals surface area contributed by atoms with Gasteiger partial charge in [0.1, 0.15) is 0 Å². The van der Waals surface area contributed by atoms with Crippen LogP contribution in [0.15, 0.2) is 4.99 Å². The van der Waals surface area contributed by atoms with E-state index >= 15 is 0 Å². The molecule has 0 saturated heterocycles. The van der Waals surface area contributed by atoms with Crippen molar-refractivity contribution in [3.63, 3.8) is 0 Å². The summed E-state index contributed by atoms with van der Waals surface area (Å²) >= 11 is 0. The van der Waals surface area contributed by atoms with Crippen molar-refractivity contribution in [3.05, 3.63) is 0 Å². The third kappa shape index (κ3) is 5.62. The first-order valence-electron chi connectivity index (χ1n) is 5.72. The van der Waals surface area contributed by atoms with Gasteiger partial charge >= 0.3 is 0 Å². The largest absolute Gasteiger partial charge is 0.383 e. The summed E-state index contributed by atoms with van der Waals surface area (Å²) in [5.41, 5.74) is 5.94. The smallest absolute Gasteiger partial charge is 0.191 e. The van der Waals surface area contributed by atoms with Crippen LogP contribution < -0.4 is 5.73 Å². The van der Waals surface area contributed by atoms with E-state index in [0.29, 0.717) is 18.6 Å². The molecule has 0 aromatic rings. The van der Waals surface area contributed by atoms with Crippen LogP contribution in [0.5, 0.6) is 0 Å². The molecule has 0 aliphatic carbocycles. The van der Waals surface area contributed by atoms with E-state index in [2.05, 4.69) is 30.7 Å². The topological polar surface area (TPSA) is 50.8 Å². The zero-order chi connectivity index (χ0) is 11.7. The van der Waals surface area contributed by atoms with E-state index < -0.39 is 0 Å². The van der Waals surface area contributed by atoms with Crippen LogP contribution in [0.1, 0.15) is 33.6 Å². The molecule has 0 rings (SSSR count). The van der Waals surface area contributed by atoms with Crippen molar-refractivity contribution in [2.75, 3.05) is 26.8 Å². The van der Waals surface area contributed by atoms with E-state index in [-0.39, 0.29) is 0 Å². The van der Waals surface area contributed by atoms with Gasteiger partial charge in [0.05, 0.1) is 6.61 Å². The lowest BCUT2D eigenvalue weighted by atomic mass is 10.2. The van der Waals surface area contributed by atoms with Gasteiger partial charge in [-0.1, -0.05) is 13.8 Å². The van der Waals surface area contributed by atoms with Gasteiger partial charge in [0, 0.05) is 26.2 Å². The first-order valence-corrected chi connectivity index (χ1v) is 5.72. The normalized spacial score (nSPS) is 14.0. The van der Waals surface area contributed by atoms with Gasteiger partial charge in [0.2, 0.25) is 0 Å². The van der Waals surface area contributed by atoms with Crippen LogP contribution >= 0.6 is 0 Å². The second kappa shape index (κ2) is 8.53. The molecule has 0 aromatic heterocycles. The molecule has 0 spiro atoms. The molecule has 0 amide bonds. The molecule has 4 heteroatoms. The van der Waals surface area contributed by atoms with E-state index in [4.69, 9.17) is 10.5 Å². The summed E-state index contributed by atoms with van der Waals surface area (Å²) in [6.07, 6.45) is 2.09. The molecule has 0 bridgehead atoms. The molecule has 15 heavy (non-hydrogen) atoms. The van der Waals surface area contributed by atoms with E-state index in [0.717, 1.165) is 25.9 Å². The number of hydrogen-bond acceptors (Lipinski definition) is 2. The summed E-state index contributed by atoms with van der Waals surface area (Å²) in [5, 5.41) is 0. The number of nitrogens with zero attached hydrogens (tertiary/aromatic N) is 2. The summed E-state index contributed by atoms with van der Waals surface area (Å²) < 4.78 is 5.07. The van der Waals surface area contributed by atoms with Crippen molar-refractivity contribution < 1.29 is 4.74 Å². The zero-order valence-corrected chi connectivity index (χ0v) is 10.5. The molecule has 1 unspecified atom stereocenters. The van der Waals surface area contributed by atoms with Crippen LogP contribution in [0.2, 0.25) is 0 Å². The van der Waals surface area contributed by atoms with Gasteiger partial charge in [-0.25, -0.2) is 0 Å². The Hall–Kier alpha value is -0.770. The molecule has 0 heterocycles. The van der Waals surface area contributed by atoms with Crippen molar-refractivity contribution in [1.29, 1.82) is 0 Å². The lowest BCUT2D eigenvalue weighted by Gasteiger charge is -2.29. The summed E-state index contributed by atoms with van der Waals surface area (Å²) in [6.45, 7) is 8.70. The van der Waals surface area contributed by atoms with Gasteiger partial charge in [0.15, 0.2) is 5.96 Å². The molecule has 0 fully saturated rings. The zero-order valence-electron chi connectivity index (χ0n) is 10.5. The fraction of sp³-hybridized carbons (Fsp3) is 0.909. The van der Waals surface area contributed by atoms with Crippen molar-refractivity contribution >= 4 is 5.96 Å². The Bertz CT molecular complexity index is 183. The van der Waals surface area contributed by atoms with Gasteiger partial charge in [-0.2, -0.15) is 0 Å². The summed E-state index contributed by atoms with van der Waals surface area (Å²) in [4.78, 5) is 6.44. The molecule has 4 nitrogen and oxygen atoms in total. The molecular weight excluding hydrogens is 190 g/mol. The van der Waals surface area contributed by atoms with Crippen molar-refractivity contribution in [2.24, 2.45) is 10.7 Å². The van der Waals surface area contributed by atoms with Gasteiger partial charge in [0.25, 0.3) is 0 Å². The first-order chi connectivity index (χ1) is 7.17. The van der Waals surface area contributed by atoms with Gasteiger partial charge < -0.3 is 15.4 Å². The quantitative estimate of drug-likeness (QED) is 0.516. The number of ether oxygens (including phenoxy) is 1. The second-order valence-electron chi connectivity index (χ2n) is 3.68. The number of nitrogens with two attached hydrogens (primary N) is 1. The average Bonchev–Trinajstić information content (AvgIpc) is 2.26. The maximum atomic E-state index is 5.94. The molecule has 0 aliphatic rings. The molecule has 90 valence electrons. The Labute approximate surface area is 93.5 Å². The molecule has 0 radical (unpaired) electrons. The third-order valence-electron chi connectivity index (χ3n) is 2.45. The fourth-order valence-electron chi connectivity index (χ4n) is 1.29. The second-order valence-corrected chi connectivity index (χ2v) is 3.68. The Kier molecular flexibility index (Phi) is 8.09. The Balaban J connectivity index is 4.32.